The number of carbonyl (C=O) groups is 1. The zero-order valence-electron chi connectivity index (χ0n) is 19.8. The molecule has 0 unspecified atom stereocenters. The second-order valence-corrected chi connectivity index (χ2v) is 9.05. The van der Waals surface area contributed by atoms with E-state index in [4.69, 9.17) is 4.74 Å². The van der Waals surface area contributed by atoms with Crippen LogP contribution in [0.2, 0.25) is 0 Å². The summed E-state index contributed by atoms with van der Waals surface area (Å²) >= 11 is 0. The molecule has 1 N–H and O–H groups in total. The molecule has 1 heterocycles. The summed E-state index contributed by atoms with van der Waals surface area (Å²) in [5.74, 6) is 1.98. The smallest absolute Gasteiger partial charge is 0.265 e. The Morgan fingerprint density at radius 3 is 2.64 bits per heavy atom. The van der Waals surface area contributed by atoms with Gasteiger partial charge in [-0.3, -0.25) is 14.2 Å². The predicted molar refractivity (Wildman–Crippen MR) is 132 cm³/mol. The van der Waals surface area contributed by atoms with Crippen molar-refractivity contribution in [3.05, 3.63) is 58.6 Å². The molecule has 1 aliphatic rings. The van der Waals surface area contributed by atoms with E-state index < -0.39 is 0 Å². The first kappa shape index (κ1) is 23.0. The van der Waals surface area contributed by atoms with E-state index in [9.17, 15) is 9.59 Å². The quantitative estimate of drug-likeness (QED) is 0.509. The topological polar surface area (TPSA) is 73.2 Å². The summed E-state index contributed by atoms with van der Waals surface area (Å²) in [4.78, 5) is 30.6. The molecule has 0 saturated heterocycles. The average Bonchev–Trinajstić information content (AvgIpc) is 2.83. The number of carbonyl (C=O) groups excluding carboxylic acids is 1. The molecule has 1 amide bonds. The Bertz CT molecular complexity index is 1190. The molecular formula is C27H33N3O3. The number of para-hydroxylation sites is 1. The highest BCUT2D eigenvalue weighted by Crippen LogP contribution is 2.34. The van der Waals surface area contributed by atoms with Gasteiger partial charge in [0.05, 0.1) is 29.4 Å². The van der Waals surface area contributed by atoms with Gasteiger partial charge in [-0.05, 0) is 62.8 Å². The minimum atomic E-state index is -0.128. The number of anilines is 1. The van der Waals surface area contributed by atoms with Crippen molar-refractivity contribution in [2.24, 2.45) is 11.8 Å². The number of unbranched alkanes of at least 4 members (excludes halogenated alkanes) is 1. The van der Waals surface area contributed by atoms with E-state index in [1.54, 1.807) is 29.9 Å². The zero-order chi connectivity index (χ0) is 23.4. The summed E-state index contributed by atoms with van der Waals surface area (Å²) in [6.07, 6.45) is 7.94. The lowest BCUT2D eigenvalue weighted by molar-refractivity contribution is -0.121. The first-order valence-electron chi connectivity index (χ1n) is 12.0. The highest BCUT2D eigenvalue weighted by atomic mass is 16.5. The first-order valence-corrected chi connectivity index (χ1v) is 12.0. The lowest BCUT2D eigenvalue weighted by atomic mass is 9.79. The van der Waals surface area contributed by atoms with E-state index >= 15 is 0 Å². The van der Waals surface area contributed by atoms with Gasteiger partial charge in [-0.25, -0.2) is 4.98 Å². The van der Waals surface area contributed by atoms with Crippen LogP contribution in [0.15, 0.2) is 47.3 Å². The normalized spacial score (nSPS) is 18.3. The van der Waals surface area contributed by atoms with Crippen molar-refractivity contribution in [2.45, 2.75) is 58.8 Å². The molecule has 2 aromatic carbocycles. The minimum absolute atomic E-state index is 0.0433. The molecule has 4 rings (SSSR count). The van der Waals surface area contributed by atoms with E-state index in [2.05, 4.69) is 17.2 Å². The Balaban J connectivity index is 1.53. The highest BCUT2D eigenvalue weighted by molar-refractivity contribution is 5.94. The Labute approximate surface area is 195 Å². The summed E-state index contributed by atoms with van der Waals surface area (Å²) in [6, 6.07) is 12.7. The molecule has 174 valence electrons. The van der Waals surface area contributed by atoms with Crippen LogP contribution in [0.5, 0.6) is 5.75 Å². The third-order valence-corrected chi connectivity index (χ3v) is 6.83. The van der Waals surface area contributed by atoms with E-state index in [1.165, 1.54) is 19.3 Å². The van der Waals surface area contributed by atoms with Gasteiger partial charge in [0.1, 0.15) is 11.6 Å². The van der Waals surface area contributed by atoms with Crippen LogP contribution in [0.4, 0.5) is 5.69 Å². The largest absolute Gasteiger partial charge is 0.494 e. The van der Waals surface area contributed by atoms with Gasteiger partial charge in [-0.1, -0.05) is 38.3 Å². The number of aryl methyl sites for hydroxylation is 1. The van der Waals surface area contributed by atoms with Crippen LogP contribution in [0, 0.1) is 18.8 Å². The second kappa shape index (κ2) is 10.2. The zero-order valence-corrected chi connectivity index (χ0v) is 19.8. The van der Waals surface area contributed by atoms with Gasteiger partial charge in [0.2, 0.25) is 5.91 Å². The van der Waals surface area contributed by atoms with E-state index in [0.29, 0.717) is 33.9 Å². The molecule has 0 spiro atoms. The van der Waals surface area contributed by atoms with E-state index in [-0.39, 0.29) is 17.4 Å². The number of hydrogen-bond acceptors (Lipinski definition) is 4. The summed E-state index contributed by atoms with van der Waals surface area (Å²) in [5.41, 5.74) is 1.83. The molecule has 1 aromatic heterocycles. The first-order chi connectivity index (χ1) is 16.0. The molecule has 6 heteroatoms. The average molecular weight is 448 g/mol. The van der Waals surface area contributed by atoms with Gasteiger partial charge in [-0.15, -0.1) is 0 Å². The summed E-state index contributed by atoms with van der Waals surface area (Å²) < 4.78 is 7.15. The van der Waals surface area contributed by atoms with Crippen molar-refractivity contribution in [1.29, 1.82) is 0 Å². The number of benzene rings is 2. The van der Waals surface area contributed by atoms with Gasteiger partial charge < -0.3 is 10.1 Å². The number of hydrogen-bond donors (Lipinski definition) is 1. The van der Waals surface area contributed by atoms with Crippen molar-refractivity contribution >= 4 is 22.5 Å². The maximum absolute atomic E-state index is 13.1. The van der Waals surface area contributed by atoms with Crippen molar-refractivity contribution in [2.75, 3.05) is 12.4 Å². The Hall–Kier alpha value is -3.15. The van der Waals surface area contributed by atoms with E-state index in [1.807, 2.05) is 31.2 Å². The van der Waals surface area contributed by atoms with Gasteiger partial charge >= 0.3 is 0 Å². The number of nitrogens with zero attached hydrogens (tertiary/aromatic N) is 2. The van der Waals surface area contributed by atoms with Gasteiger partial charge in [-0.2, -0.15) is 0 Å². The van der Waals surface area contributed by atoms with Gasteiger partial charge in [0, 0.05) is 12.0 Å². The summed E-state index contributed by atoms with van der Waals surface area (Å²) in [6.45, 7) is 4.04. The Morgan fingerprint density at radius 1 is 1.15 bits per heavy atom. The van der Waals surface area contributed by atoms with E-state index in [0.717, 1.165) is 31.6 Å². The molecule has 3 aromatic rings. The van der Waals surface area contributed by atoms with Crippen molar-refractivity contribution in [3.63, 3.8) is 0 Å². The van der Waals surface area contributed by atoms with Crippen molar-refractivity contribution < 1.29 is 9.53 Å². The summed E-state index contributed by atoms with van der Waals surface area (Å²) in [7, 11) is 1.57. The van der Waals surface area contributed by atoms with Crippen LogP contribution in [-0.4, -0.2) is 22.6 Å². The van der Waals surface area contributed by atoms with Crippen molar-refractivity contribution in [3.8, 4) is 11.4 Å². The SMILES string of the molecule is CCCCC1CCC(C(=O)Nc2ccc(-n3c(C)nc4ccccc4c3=O)cc2OC)CC1. The highest BCUT2D eigenvalue weighted by Gasteiger charge is 2.26. The predicted octanol–water partition coefficient (Wildman–Crippen LogP) is 5.64. The van der Waals surface area contributed by atoms with Crippen LogP contribution >= 0.6 is 0 Å². The molecule has 1 saturated carbocycles. The lowest BCUT2D eigenvalue weighted by Crippen LogP contribution is -2.27. The molecule has 0 atom stereocenters. The molecule has 0 bridgehead atoms. The van der Waals surface area contributed by atoms with Crippen LogP contribution in [0.3, 0.4) is 0 Å². The maximum Gasteiger partial charge on any atom is 0.265 e. The molecule has 0 aliphatic heterocycles. The monoisotopic (exact) mass is 447 g/mol. The maximum atomic E-state index is 13.1. The molecule has 0 radical (unpaired) electrons. The third-order valence-electron chi connectivity index (χ3n) is 6.83. The van der Waals surface area contributed by atoms with Crippen LogP contribution in [0.1, 0.15) is 57.7 Å². The van der Waals surface area contributed by atoms with Crippen LogP contribution in [-0.2, 0) is 4.79 Å². The molecule has 1 fully saturated rings. The fourth-order valence-electron chi connectivity index (χ4n) is 4.91. The van der Waals surface area contributed by atoms with Crippen molar-refractivity contribution in [1.82, 2.24) is 9.55 Å². The lowest BCUT2D eigenvalue weighted by Gasteiger charge is -2.28. The Kier molecular flexibility index (Phi) is 7.11. The number of nitrogens with one attached hydrogen (secondary N) is 1. The third kappa shape index (κ3) is 4.95. The number of fused-ring (bicyclic) bond motifs is 1. The molecule has 6 nitrogen and oxygen atoms in total. The number of methoxy groups -OCH3 is 1. The number of aromatic nitrogens is 2. The standard InChI is InChI=1S/C27H33N3O3/c1-4-5-8-19-11-13-20(14-12-19)26(31)29-24-16-15-21(17-25(24)33-3)30-18(2)28-23-10-7-6-9-22(23)27(30)32/h6-7,9-10,15-17,19-20H,4-5,8,11-14H2,1-3H3,(H,29,31). The number of rotatable bonds is 7. The number of amides is 1. The van der Waals surface area contributed by atoms with Crippen LogP contribution < -0.4 is 15.6 Å². The summed E-state index contributed by atoms with van der Waals surface area (Å²) in [5, 5.41) is 3.62. The molecule has 33 heavy (non-hydrogen) atoms. The fourth-order valence-corrected chi connectivity index (χ4v) is 4.91. The minimum Gasteiger partial charge on any atom is -0.494 e. The van der Waals surface area contributed by atoms with Gasteiger partial charge in [0.15, 0.2) is 0 Å². The van der Waals surface area contributed by atoms with Crippen LogP contribution in [0.25, 0.3) is 16.6 Å². The Morgan fingerprint density at radius 2 is 1.91 bits per heavy atom. The second-order valence-electron chi connectivity index (χ2n) is 9.05. The molecule has 1 aliphatic carbocycles. The number of ether oxygens (including phenoxy) is 1. The van der Waals surface area contributed by atoms with Gasteiger partial charge in [0.25, 0.3) is 5.56 Å². The fraction of sp³-hybridized carbons (Fsp3) is 0.444. The molecular weight excluding hydrogens is 414 g/mol.